The Labute approximate surface area is 209 Å². The molecule has 2 fully saturated rings. The Kier molecular flexibility index (Phi) is 8.17. The van der Waals surface area contributed by atoms with Crippen molar-refractivity contribution < 1.29 is 22.7 Å². The van der Waals surface area contributed by atoms with Gasteiger partial charge in [-0.3, -0.25) is 4.79 Å². The number of anilines is 3. The number of rotatable bonds is 7. The van der Waals surface area contributed by atoms with E-state index in [0.29, 0.717) is 17.0 Å². The number of aromatic nitrogens is 2. The zero-order valence-corrected chi connectivity index (χ0v) is 20.6. The summed E-state index contributed by atoms with van der Waals surface area (Å²) in [5.74, 6) is -0.0707. The topological polar surface area (TPSA) is 91.4 Å². The number of benzene rings is 1. The first-order valence-electron chi connectivity index (χ1n) is 12.4. The Hall–Kier alpha value is -3.08. The van der Waals surface area contributed by atoms with E-state index in [-0.39, 0.29) is 29.8 Å². The highest BCUT2D eigenvalue weighted by Gasteiger charge is 2.36. The number of carbonyl (C=O) groups excluding carboxylic acids is 1. The molecule has 3 N–H and O–H groups in total. The van der Waals surface area contributed by atoms with E-state index < -0.39 is 11.7 Å². The van der Waals surface area contributed by atoms with Gasteiger partial charge in [0.15, 0.2) is 0 Å². The van der Waals surface area contributed by atoms with Gasteiger partial charge < -0.3 is 25.6 Å². The molecule has 0 unspecified atom stereocenters. The third-order valence-electron chi connectivity index (χ3n) is 6.80. The minimum atomic E-state index is -4.57. The molecule has 2 heterocycles. The van der Waals surface area contributed by atoms with Gasteiger partial charge in [0, 0.05) is 23.8 Å². The maximum absolute atomic E-state index is 13.6. The number of ether oxygens (including phenoxy) is 1. The summed E-state index contributed by atoms with van der Waals surface area (Å²) in [5.41, 5.74) is -0.0208. The average Bonchev–Trinajstić information content (AvgIpc) is 2.85. The van der Waals surface area contributed by atoms with E-state index in [9.17, 15) is 18.0 Å². The maximum atomic E-state index is 13.6. The molecule has 36 heavy (non-hydrogen) atoms. The van der Waals surface area contributed by atoms with Crippen LogP contribution in [0.2, 0.25) is 0 Å². The lowest BCUT2D eigenvalue weighted by Gasteiger charge is -2.29. The highest BCUT2D eigenvalue weighted by molar-refractivity contribution is 5.95. The largest absolute Gasteiger partial charge is 0.495 e. The van der Waals surface area contributed by atoms with E-state index in [1.54, 1.807) is 18.2 Å². The highest BCUT2D eigenvalue weighted by atomic mass is 19.4. The van der Waals surface area contributed by atoms with Gasteiger partial charge in [-0.2, -0.15) is 18.2 Å². The molecule has 0 atom stereocenters. The number of methoxy groups -OCH3 is 1. The number of piperidine rings is 1. The normalized spacial score (nSPS) is 18.0. The lowest BCUT2D eigenvalue weighted by atomic mass is 9.95. The lowest BCUT2D eigenvalue weighted by molar-refractivity contribution is -0.137. The molecule has 196 valence electrons. The summed E-state index contributed by atoms with van der Waals surface area (Å²) in [6.45, 7) is 1.86. The van der Waals surface area contributed by atoms with Crippen LogP contribution in [0.15, 0.2) is 24.4 Å². The second-order valence-electron chi connectivity index (χ2n) is 9.52. The number of nitrogens with zero attached hydrogens (tertiary/aromatic N) is 3. The van der Waals surface area contributed by atoms with Gasteiger partial charge >= 0.3 is 6.18 Å². The zero-order valence-electron chi connectivity index (χ0n) is 20.6. The fourth-order valence-corrected chi connectivity index (χ4v) is 4.68. The summed E-state index contributed by atoms with van der Waals surface area (Å²) < 4.78 is 46.2. The second kappa shape index (κ2) is 11.3. The van der Waals surface area contributed by atoms with E-state index in [0.717, 1.165) is 64.2 Å². The number of hydrogen-bond donors (Lipinski definition) is 3. The minimum Gasteiger partial charge on any atom is -0.495 e. The van der Waals surface area contributed by atoms with Gasteiger partial charge in [0.1, 0.15) is 17.1 Å². The molecule has 4 rings (SSSR count). The van der Waals surface area contributed by atoms with Crippen LogP contribution in [0.4, 0.5) is 30.6 Å². The van der Waals surface area contributed by atoms with Crippen molar-refractivity contribution >= 4 is 23.4 Å². The van der Waals surface area contributed by atoms with E-state index in [1.807, 2.05) is 0 Å². The quantitative estimate of drug-likeness (QED) is 0.496. The molecule has 1 amide bonds. The van der Waals surface area contributed by atoms with Crippen molar-refractivity contribution in [1.29, 1.82) is 0 Å². The Balaban J connectivity index is 1.50. The molecule has 1 saturated heterocycles. The van der Waals surface area contributed by atoms with Crippen molar-refractivity contribution in [2.24, 2.45) is 0 Å². The van der Waals surface area contributed by atoms with Crippen LogP contribution < -0.4 is 20.7 Å². The molecule has 1 aromatic carbocycles. The molecule has 1 aliphatic heterocycles. The maximum Gasteiger partial charge on any atom is 0.421 e. The molecule has 2 aromatic rings. The summed E-state index contributed by atoms with van der Waals surface area (Å²) in [4.78, 5) is 23.0. The molecule has 0 bridgehead atoms. The first-order chi connectivity index (χ1) is 17.2. The zero-order chi connectivity index (χ0) is 25.7. The number of hydrogen-bond acceptors (Lipinski definition) is 7. The van der Waals surface area contributed by atoms with Crippen LogP contribution in [0.3, 0.4) is 0 Å². The molecule has 11 heteroatoms. The third-order valence-corrected chi connectivity index (χ3v) is 6.80. The van der Waals surface area contributed by atoms with Crippen LogP contribution in [-0.2, 0) is 6.18 Å². The van der Waals surface area contributed by atoms with Gasteiger partial charge in [-0.25, -0.2) is 4.98 Å². The van der Waals surface area contributed by atoms with Crippen molar-refractivity contribution in [3.8, 4) is 5.75 Å². The summed E-state index contributed by atoms with van der Waals surface area (Å²) in [6.07, 6.45) is 2.65. The molecule has 8 nitrogen and oxygen atoms in total. The fourth-order valence-electron chi connectivity index (χ4n) is 4.68. The summed E-state index contributed by atoms with van der Waals surface area (Å²) in [6, 6.07) is 4.93. The fraction of sp³-hybridized carbons (Fsp3) is 0.560. The first kappa shape index (κ1) is 26.0. The molecular formula is C25H33F3N6O2. The molecule has 1 saturated carbocycles. The molecular weight excluding hydrogens is 473 g/mol. The van der Waals surface area contributed by atoms with Crippen LogP contribution in [0.25, 0.3) is 0 Å². The third kappa shape index (κ3) is 6.57. The Morgan fingerprint density at radius 3 is 2.47 bits per heavy atom. The number of carbonyl (C=O) groups is 1. The van der Waals surface area contributed by atoms with Gasteiger partial charge in [-0.05, 0) is 64.0 Å². The average molecular weight is 507 g/mol. The van der Waals surface area contributed by atoms with Crippen molar-refractivity contribution in [2.75, 3.05) is 37.9 Å². The number of amides is 1. The van der Waals surface area contributed by atoms with Crippen LogP contribution in [0, 0.1) is 0 Å². The number of alkyl halides is 3. The molecule has 2 aliphatic rings. The Morgan fingerprint density at radius 2 is 1.81 bits per heavy atom. The monoisotopic (exact) mass is 506 g/mol. The smallest absolute Gasteiger partial charge is 0.421 e. The van der Waals surface area contributed by atoms with Crippen molar-refractivity contribution in [2.45, 2.75) is 63.2 Å². The van der Waals surface area contributed by atoms with Gasteiger partial charge in [-0.15, -0.1) is 0 Å². The minimum absolute atomic E-state index is 0.00290. The Morgan fingerprint density at radius 1 is 1.08 bits per heavy atom. The molecule has 0 radical (unpaired) electrons. The Bertz CT molecular complexity index is 1050. The summed E-state index contributed by atoms with van der Waals surface area (Å²) in [7, 11) is 3.52. The number of halogens is 3. The number of nitrogens with one attached hydrogen (secondary N) is 3. The molecule has 1 aromatic heterocycles. The predicted octanol–water partition coefficient (Wildman–Crippen LogP) is 4.82. The first-order valence-corrected chi connectivity index (χ1v) is 12.4. The second-order valence-corrected chi connectivity index (χ2v) is 9.52. The van der Waals surface area contributed by atoms with Gasteiger partial charge in [0.25, 0.3) is 5.91 Å². The van der Waals surface area contributed by atoms with Gasteiger partial charge in [-0.1, -0.05) is 19.3 Å². The SMILES string of the molecule is COc1cc(C(=O)NC2CCN(C)CC2)ccc1Nc1ncc(C(F)(F)F)c(NC2CCCCC2)n1. The van der Waals surface area contributed by atoms with E-state index in [1.165, 1.54) is 7.11 Å². The van der Waals surface area contributed by atoms with Crippen LogP contribution in [0.5, 0.6) is 5.75 Å². The standard InChI is InChI=1S/C25H33F3N6O2/c1-34-12-10-18(11-13-34)31-23(35)16-8-9-20(21(14-16)36-2)32-24-29-15-19(25(26,27)28)22(33-24)30-17-6-4-3-5-7-17/h8-9,14-15,17-18H,3-7,10-13H2,1-2H3,(H,31,35)(H2,29,30,32,33). The van der Waals surface area contributed by atoms with Gasteiger partial charge in [0.05, 0.1) is 12.8 Å². The van der Waals surface area contributed by atoms with Crippen LogP contribution in [0.1, 0.15) is 60.9 Å². The highest BCUT2D eigenvalue weighted by Crippen LogP contribution is 2.36. The van der Waals surface area contributed by atoms with Crippen LogP contribution in [-0.4, -0.2) is 60.1 Å². The van der Waals surface area contributed by atoms with Crippen LogP contribution >= 0.6 is 0 Å². The van der Waals surface area contributed by atoms with Gasteiger partial charge in [0.2, 0.25) is 5.95 Å². The molecule has 1 aliphatic carbocycles. The lowest BCUT2D eigenvalue weighted by Crippen LogP contribution is -2.43. The van der Waals surface area contributed by atoms with Crippen molar-refractivity contribution in [3.63, 3.8) is 0 Å². The summed E-state index contributed by atoms with van der Waals surface area (Å²) >= 11 is 0. The van der Waals surface area contributed by atoms with E-state index in [2.05, 4.69) is 37.9 Å². The van der Waals surface area contributed by atoms with E-state index in [4.69, 9.17) is 4.74 Å². The van der Waals surface area contributed by atoms with Crippen molar-refractivity contribution in [1.82, 2.24) is 20.2 Å². The number of likely N-dealkylation sites (tertiary alicyclic amines) is 1. The van der Waals surface area contributed by atoms with Crippen molar-refractivity contribution in [3.05, 3.63) is 35.5 Å². The summed E-state index contributed by atoms with van der Waals surface area (Å²) in [5, 5.41) is 8.98. The van der Waals surface area contributed by atoms with E-state index >= 15 is 0 Å². The molecule has 0 spiro atoms. The predicted molar refractivity (Wildman–Crippen MR) is 132 cm³/mol.